The van der Waals surface area contributed by atoms with Crippen LogP contribution < -0.4 is 0 Å². The molecule has 1 amide bonds. The van der Waals surface area contributed by atoms with E-state index in [1.54, 1.807) is 4.90 Å². The van der Waals surface area contributed by atoms with Gasteiger partial charge in [-0.15, -0.1) is 0 Å². The normalized spacial score (nSPS) is 17.3. The van der Waals surface area contributed by atoms with E-state index in [1.165, 1.54) is 12.8 Å². The lowest BCUT2D eigenvalue weighted by Gasteiger charge is -2.30. The minimum atomic E-state index is -0.477. The molecular weight excluding hydrogens is 316 g/mol. The van der Waals surface area contributed by atoms with Crippen molar-refractivity contribution < 1.29 is 9.53 Å². The van der Waals surface area contributed by atoms with Crippen LogP contribution >= 0.6 is 0 Å². The highest BCUT2D eigenvalue weighted by Crippen LogP contribution is 2.35. The second-order valence-corrected chi connectivity index (χ2v) is 7.92. The molecule has 0 radical (unpaired) electrons. The van der Waals surface area contributed by atoms with Crippen molar-refractivity contribution in [2.45, 2.75) is 58.2 Å². The second-order valence-electron chi connectivity index (χ2n) is 7.92. The van der Waals surface area contributed by atoms with Crippen LogP contribution in [0, 0.1) is 0 Å². The van der Waals surface area contributed by atoms with Crippen LogP contribution in [-0.2, 0) is 17.7 Å². The number of amides is 1. The van der Waals surface area contributed by atoms with E-state index in [0.29, 0.717) is 19.1 Å². The molecule has 2 aromatic rings. The fourth-order valence-electron chi connectivity index (χ4n) is 3.09. The van der Waals surface area contributed by atoms with Crippen LogP contribution in [0.1, 0.15) is 50.9 Å². The Morgan fingerprint density at radius 1 is 1.24 bits per heavy atom. The van der Waals surface area contributed by atoms with E-state index in [4.69, 9.17) is 4.74 Å². The van der Waals surface area contributed by atoms with Gasteiger partial charge in [0.05, 0.1) is 18.8 Å². The van der Waals surface area contributed by atoms with Crippen molar-refractivity contribution in [1.82, 2.24) is 19.7 Å². The van der Waals surface area contributed by atoms with Crippen LogP contribution in [-0.4, -0.2) is 37.9 Å². The largest absolute Gasteiger partial charge is 0.444 e. The molecule has 132 valence electrons. The highest BCUT2D eigenvalue weighted by Gasteiger charge is 2.27. The fourth-order valence-corrected chi connectivity index (χ4v) is 3.09. The Hall–Kier alpha value is -2.37. The molecule has 0 atom stereocenters. The number of rotatable bonds is 2. The number of carbonyl (C=O) groups excluding carboxylic acids is 1. The Morgan fingerprint density at radius 2 is 2.04 bits per heavy atom. The minimum Gasteiger partial charge on any atom is -0.444 e. The molecule has 0 N–H and O–H groups in total. The van der Waals surface area contributed by atoms with Gasteiger partial charge < -0.3 is 9.64 Å². The summed E-state index contributed by atoms with van der Waals surface area (Å²) >= 11 is 0. The van der Waals surface area contributed by atoms with E-state index < -0.39 is 5.60 Å². The van der Waals surface area contributed by atoms with Gasteiger partial charge in [-0.05, 0) is 45.2 Å². The number of nitrogens with zero attached hydrogens (tertiary/aromatic N) is 4. The zero-order chi connectivity index (χ0) is 17.6. The molecule has 1 aliphatic heterocycles. The minimum absolute atomic E-state index is 0.259. The molecule has 1 fully saturated rings. The molecule has 0 saturated heterocycles. The Morgan fingerprint density at radius 3 is 2.76 bits per heavy atom. The van der Waals surface area contributed by atoms with Crippen molar-refractivity contribution in [3.05, 3.63) is 35.9 Å². The van der Waals surface area contributed by atoms with Crippen LogP contribution in [0.15, 0.2) is 24.7 Å². The molecule has 2 aliphatic rings. The van der Waals surface area contributed by atoms with Crippen molar-refractivity contribution in [3.63, 3.8) is 0 Å². The monoisotopic (exact) mass is 340 g/mol. The molecule has 0 unspecified atom stereocenters. The smallest absolute Gasteiger partial charge is 0.410 e. The van der Waals surface area contributed by atoms with Crippen LogP contribution in [0.5, 0.6) is 0 Å². The number of ether oxygens (including phenoxy) is 1. The summed E-state index contributed by atoms with van der Waals surface area (Å²) in [6.07, 6.45) is 8.84. The predicted molar refractivity (Wildman–Crippen MR) is 94.1 cm³/mol. The third-order valence-electron chi connectivity index (χ3n) is 4.55. The van der Waals surface area contributed by atoms with Crippen LogP contribution in [0.2, 0.25) is 0 Å². The zero-order valence-electron chi connectivity index (χ0n) is 15.0. The summed E-state index contributed by atoms with van der Waals surface area (Å²) < 4.78 is 7.54. The average Bonchev–Trinajstić information content (AvgIpc) is 3.29. The van der Waals surface area contributed by atoms with Gasteiger partial charge in [0.2, 0.25) is 0 Å². The van der Waals surface area contributed by atoms with Gasteiger partial charge in [0, 0.05) is 42.2 Å². The third-order valence-corrected chi connectivity index (χ3v) is 4.55. The van der Waals surface area contributed by atoms with Gasteiger partial charge >= 0.3 is 6.09 Å². The first kappa shape index (κ1) is 16.1. The summed E-state index contributed by atoms with van der Waals surface area (Å²) in [4.78, 5) is 18.7. The number of hydrogen-bond acceptors (Lipinski definition) is 4. The number of pyridine rings is 1. The highest BCUT2D eigenvalue weighted by molar-refractivity contribution is 5.69. The van der Waals surface area contributed by atoms with Crippen LogP contribution in [0.25, 0.3) is 11.1 Å². The first-order chi connectivity index (χ1) is 11.9. The highest BCUT2D eigenvalue weighted by atomic mass is 16.6. The van der Waals surface area contributed by atoms with Crippen molar-refractivity contribution in [3.8, 4) is 11.1 Å². The Bertz CT molecular complexity index is 802. The van der Waals surface area contributed by atoms with Gasteiger partial charge in [0.25, 0.3) is 0 Å². The Balaban J connectivity index is 1.53. The molecule has 3 heterocycles. The van der Waals surface area contributed by atoms with E-state index in [0.717, 1.165) is 28.8 Å². The lowest BCUT2D eigenvalue weighted by atomic mass is 10.0. The van der Waals surface area contributed by atoms with Crippen LogP contribution in [0.3, 0.4) is 0 Å². The van der Waals surface area contributed by atoms with E-state index >= 15 is 0 Å². The Kier molecular flexibility index (Phi) is 3.78. The molecule has 0 bridgehead atoms. The van der Waals surface area contributed by atoms with Crippen molar-refractivity contribution in [1.29, 1.82) is 0 Å². The van der Waals surface area contributed by atoms with Crippen LogP contribution in [0.4, 0.5) is 4.79 Å². The lowest BCUT2D eigenvalue weighted by Crippen LogP contribution is -2.40. The number of carbonyl (C=O) groups is 1. The van der Waals surface area contributed by atoms with Gasteiger partial charge in [-0.3, -0.25) is 9.67 Å². The fraction of sp³-hybridized carbons (Fsp3) is 0.526. The molecule has 0 spiro atoms. The topological polar surface area (TPSA) is 60.2 Å². The van der Waals surface area contributed by atoms with Crippen molar-refractivity contribution >= 4 is 6.09 Å². The van der Waals surface area contributed by atoms with E-state index in [2.05, 4.69) is 22.3 Å². The molecule has 6 nitrogen and oxygen atoms in total. The maximum Gasteiger partial charge on any atom is 0.410 e. The summed E-state index contributed by atoms with van der Waals surface area (Å²) in [6.45, 7) is 6.86. The van der Waals surface area contributed by atoms with Gasteiger partial charge in [-0.25, -0.2) is 4.79 Å². The summed E-state index contributed by atoms with van der Waals surface area (Å²) in [5, 5.41) is 4.45. The lowest BCUT2D eigenvalue weighted by molar-refractivity contribution is 0.0223. The second kappa shape index (κ2) is 5.86. The zero-order valence-corrected chi connectivity index (χ0v) is 15.0. The first-order valence-corrected chi connectivity index (χ1v) is 8.89. The summed E-state index contributed by atoms with van der Waals surface area (Å²) in [5.74, 6) is 0. The standard InChI is InChI=1S/C19H24N4O2/c1-19(2,3)25-18(24)22-7-6-17-14(11-22)8-13(9-20-17)15-10-21-23(12-15)16-4-5-16/h8-10,12,16H,4-7,11H2,1-3H3. The quantitative estimate of drug-likeness (QED) is 0.838. The van der Waals surface area contributed by atoms with Gasteiger partial charge in [-0.2, -0.15) is 5.10 Å². The summed E-state index contributed by atoms with van der Waals surface area (Å²) in [5.41, 5.74) is 3.81. The predicted octanol–water partition coefficient (Wildman–Crippen LogP) is 3.57. The first-order valence-electron chi connectivity index (χ1n) is 8.89. The van der Waals surface area contributed by atoms with Gasteiger partial charge in [0.1, 0.15) is 5.60 Å². The molecule has 1 aliphatic carbocycles. The average molecular weight is 340 g/mol. The van der Waals surface area contributed by atoms with E-state index in [1.807, 2.05) is 37.8 Å². The van der Waals surface area contributed by atoms with E-state index in [-0.39, 0.29) is 6.09 Å². The molecule has 6 heteroatoms. The SMILES string of the molecule is CC(C)(C)OC(=O)N1CCc2ncc(-c3cnn(C4CC4)c3)cc2C1. The van der Waals surface area contributed by atoms with Gasteiger partial charge in [0.15, 0.2) is 0 Å². The van der Waals surface area contributed by atoms with E-state index in [9.17, 15) is 4.79 Å². The molecule has 4 rings (SSSR count). The molecule has 25 heavy (non-hydrogen) atoms. The van der Waals surface area contributed by atoms with Gasteiger partial charge in [-0.1, -0.05) is 0 Å². The molecular formula is C19H24N4O2. The maximum atomic E-state index is 12.3. The summed E-state index contributed by atoms with van der Waals surface area (Å²) in [6, 6.07) is 2.70. The third kappa shape index (κ3) is 3.52. The molecule has 2 aromatic heterocycles. The maximum absolute atomic E-state index is 12.3. The molecule has 0 aromatic carbocycles. The number of fused-ring (bicyclic) bond motifs is 1. The summed E-state index contributed by atoms with van der Waals surface area (Å²) in [7, 11) is 0. The Labute approximate surface area is 147 Å². The van der Waals surface area contributed by atoms with Crippen molar-refractivity contribution in [2.75, 3.05) is 6.54 Å². The van der Waals surface area contributed by atoms with Crippen molar-refractivity contribution in [2.24, 2.45) is 0 Å². The number of hydrogen-bond donors (Lipinski definition) is 0. The molecule has 1 saturated carbocycles. The number of aromatic nitrogens is 3.